The van der Waals surface area contributed by atoms with Gasteiger partial charge in [0.25, 0.3) is 0 Å². The van der Waals surface area contributed by atoms with Gasteiger partial charge in [0.2, 0.25) is 0 Å². The zero-order valence-corrected chi connectivity index (χ0v) is 15.2. The van der Waals surface area contributed by atoms with Crippen LogP contribution in [0, 0.1) is 11.8 Å². The predicted octanol–water partition coefficient (Wildman–Crippen LogP) is 1.70. The van der Waals surface area contributed by atoms with Crippen LogP contribution >= 0.6 is 0 Å². The van der Waals surface area contributed by atoms with Gasteiger partial charge in [-0.05, 0) is 58.4 Å². The summed E-state index contributed by atoms with van der Waals surface area (Å²) in [7, 11) is -2.81. The largest absolute Gasteiger partial charge is 0.444 e. The molecule has 2 aliphatic rings. The normalized spacial score (nSPS) is 30.3. The molecular formula is C16H30N2O4S. The number of rotatable bonds is 5. The van der Waals surface area contributed by atoms with Gasteiger partial charge in [0.1, 0.15) is 5.60 Å². The van der Waals surface area contributed by atoms with Crippen molar-refractivity contribution in [1.82, 2.24) is 10.6 Å². The van der Waals surface area contributed by atoms with Gasteiger partial charge in [-0.3, -0.25) is 0 Å². The molecule has 6 nitrogen and oxygen atoms in total. The number of ether oxygens (including phenoxy) is 1. The molecule has 0 aromatic carbocycles. The fraction of sp³-hybridized carbons (Fsp3) is 0.938. The summed E-state index contributed by atoms with van der Waals surface area (Å²) < 4.78 is 28.3. The summed E-state index contributed by atoms with van der Waals surface area (Å²) in [6.45, 7) is 6.91. The van der Waals surface area contributed by atoms with Crippen molar-refractivity contribution >= 4 is 15.9 Å². The third-order valence-corrected chi connectivity index (χ3v) is 6.40. The molecule has 0 bridgehead atoms. The number of hydrogen-bond acceptors (Lipinski definition) is 5. The van der Waals surface area contributed by atoms with E-state index in [1.54, 1.807) is 0 Å². The molecule has 0 radical (unpaired) electrons. The van der Waals surface area contributed by atoms with E-state index in [-0.39, 0.29) is 12.0 Å². The van der Waals surface area contributed by atoms with Gasteiger partial charge in [-0.2, -0.15) is 0 Å². The molecule has 7 heteroatoms. The first-order chi connectivity index (χ1) is 10.6. The number of alkyl carbamates (subject to hydrolysis) is 1. The zero-order chi connectivity index (χ0) is 17.1. The highest BCUT2D eigenvalue weighted by Crippen LogP contribution is 2.26. The SMILES string of the molecule is CC(C)(C)OC(=O)NCC1CCCC1NCC1CCS(=O)(=O)C1. The van der Waals surface area contributed by atoms with E-state index in [9.17, 15) is 13.2 Å². The van der Waals surface area contributed by atoms with Crippen LogP contribution in [-0.4, -0.2) is 50.7 Å². The van der Waals surface area contributed by atoms with Gasteiger partial charge in [-0.25, -0.2) is 13.2 Å². The Bertz CT molecular complexity index is 513. The molecule has 2 N–H and O–H groups in total. The average Bonchev–Trinajstić information content (AvgIpc) is 2.98. The van der Waals surface area contributed by atoms with E-state index in [1.807, 2.05) is 20.8 Å². The predicted molar refractivity (Wildman–Crippen MR) is 90.1 cm³/mol. The lowest BCUT2D eigenvalue weighted by Gasteiger charge is -2.24. The van der Waals surface area contributed by atoms with E-state index in [0.29, 0.717) is 30.0 Å². The molecule has 3 atom stereocenters. The second-order valence-corrected chi connectivity index (χ2v) is 10.1. The lowest BCUT2D eigenvalue weighted by atomic mass is 10.0. The van der Waals surface area contributed by atoms with Crippen molar-refractivity contribution in [3.8, 4) is 0 Å². The van der Waals surface area contributed by atoms with Crippen molar-refractivity contribution in [2.45, 2.75) is 58.1 Å². The van der Waals surface area contributed by atoms with Crippen molar-refractivity contribution in [3.63, 3.8) is 0 Å². The second kappa shape index (κ2) is 7.38. The Morgan fingerprint density at radius 2 is 1.91 bits per heavy atom. The molecule has 2 fully saturated rings. The van der Waals surface area contributed by atoms with Gasteiger partial charge in [0.05, 0.1) is 11.5 Å². The van der Waals surface area contributed by atoms with Crippen LogP contribution in [-0.2, 0) is 14.6 Å². The quantitative estimate of drug-likeness (QED) is 0.791. The Morgan fingerprint density at radius 3 is 2.52 bits per heavy atom. The van der Waals surface area contributed by atoms with Crippen LogP contribution in [0.5, 0.6) is 0 Å². The van der Waals surface area contributed by atoms with E-state index < -0.39 is 15.4 Å². The average molecular weight is 346 g/mol. The van der Waals surface area contributed by atoms with Crippen LogP contribution in [0.15, 0.2) is 0 Å². The van der Waals surface area contributed by atoms with Crippen molar-refractivity contribution in [1.29, 1.82) is 0 Å². The summed E-state index contributed by atoms with van der Waals surface area (Å²) in [5.41, 5.74) is -0.481. The molecule has 1 aliphatic carbocycles. The lowest BCUT2D eigenvalue weighted by molar-refractivity contribution is 0.0517. The highest BCUT2D eigenvalue weighted by molar-refractivity contribution is 7.91. The van der Waals surface area contributed by atoms with Gasteiger partial charge in [0.15, 0.2) is 9.84 Å². The number of carbonyl (C=O) groups excluding carboxylic acids is 1. The number of sulfone groups is 1. The van der Waals surface area contributed by atoms with Gasteiger partial charge in [-0.1, -0.05) is 6.42 Å². The van der Waals surface area contributed by atoms with Gasteiger partial charge >= 0.3 is 6.09 Å². The van der Waals surface area contributed by atoms with Gasteiger partial charge in [0, 0.05) is 12.6 Å². The summed E-state index contributed by atoms with van der Waals surface area (Å²) in [5.74, 6) is 1.27. The standard InChI is InChI=1S/C16H30N2O4S/c1-16(2,3)22-15(19)18-10-13-5-4-6-14(13)17-9-12-7-8-23(20,21)11-12/h12-14,17H,4-11H2,1-3H3,(H,18,19). The summed E-state index contributed by atoms with van der Waals surface area (Å²) >= 11 is 0. The van der Waals surface area contributed by atoms with Crippen LogP contribution < -0.4 is 10.6 Å². The van der Waals surface area contributed by atoms with Crippen LogP contribution in [0.2, 0.25) is 0 Å². The minimum atomic E-state index is -2.81. The summed E-state index contributed by atoms with van der Waals surface area (Å²) in [6, 6.07) is 0.355. The second-order valence-electron chi connectivity index (χ2n) is 7.86. The molecule has 1 saturated heterocycles. The molecule has 3 unspecified atom stereocenters. The molecule has 2 rings (SSSR count). The molecule has 1 amide bonds. The lowest BCUT2D eigenvalue weighted by Crippen LogP contribution is -2.42. The van der Waals surface area contributed by atoms with Crippen LogP contribution in [0.1, 0.15) is 46.5 Å². The van der Waals surface area contributed by atoms with Crippen molar-refractivity contribution in [3.05, 3.63) is 0 Å². The van der Waals surface area contributed by atoms with E-state index in [1.165, 1.54) is 0 Å². The molecular weight excluding hydrogens is 316 g/mol. The first-order valence-electron chi connectivity index (χ1n) is 8.55. The summed E-state index contributed by atoms with van der Waals surface area (Å²) in [4.78, 5) is 11.7. The monoisotopic (exact) mass is 346 g/mol. The molecule has 23 heavy (non-hydrogen) atoms. The smallest absolute Gasteiger partial charge is 0.407 e. The summed E-state index contributed by atoms with van der Waals surface area (Å²) in [6.07, 6.45) is 3.70. The highest BCUT2D eigenvalue weighted by atomic mass is 32.2. The van der Waals surface area contributed by atoms with E-state index in [2.05, 4.69) is 10.6 Å². The van der Waals surface area contributed by atoms with E-state index in [4.69, 9.17) is 4.74 Å². The number of nitrogens with one attached hydrogen (secondary N) is 2. The molecule has 0 aromatic heterocycles. The molecule has 1 aliphatic heterocycles. The van der Waals surface area contributed by atoms with E-state index >= 15 is 0 Å². The van der Waals surface area contributed by atoms with Gasteiger partial charge in [-0.15, -0.1) is 0 Å². The van der Waals surface area contributed by atoms with E-state index in [0.717, 1.165) is 32.2 Å². The van der Waals surface area contributed by atoms with Crippen LogP contribution in [0.3, 0.4) is 0 Å². The fourth-order valence-corrected chi connectivity index (χ4v) is 5.29. The van der Waals surface area contributed by atoms with Crippen molar-refractivity contribution in [2.24, 2.45) is 11.8 Å². The number of carbonyl (C=O) groups is 1. The van der Waals surface area contributed by atoms with Crippen LogP contribution in [0.25, 0.3) is 0 Å². The fourth-order valence-electron chi connectivity index (χ4n) is 3.43. The Morgan fingerprint density at radius 1 is 1.17 bits per heavy atom. The molecule has 134 valence electrons. The number of hydrogen-bond donors (Lipinski definition) is 2. The maximum atomic E-state index is 11.7. The van der Waals surface area contributed by atoms with Crippen LogP contribution in [0.4, 0.5) is 4.79 Å². The zero-order valence-electron chi connectivity index (χ0n) is 14.4. The molecule has 0 aromatic rings. The molecule has 0 spiro atoms. The minimum absolute atomic E-state index is 0.236. The minimum Gasteiger partial charge on any atom is -0.444 e. The number of amides is 1. The maximum absolute atomic E-state index is 11.7. The maximum Gasteiger partial charge on any atom is 0.407 e. The first kappa shape index (κ1) is 18.5. The third-order valence-electron chi connectivity index (χ3n) is 4.56. The van der Waals surface area contributed by atoms with Crippen molar-refractivity contribution in [2.75, 3.05) is 24.6 Å². The molecule has 1 heterocycles. The Kier molecular flexibility index (Phi) is 5.94. The first-order valence-corrected chi connectivity index (χ1v) is 10.4. The van der Waals surface area contributed by atoms with Crippen molar-refractivity contribution < 1.29 is 17.9 Å². The summed E-state index contributed by atoms with van der Waals surface area (Å²) in [5, 5.41) is 6.38. The Balaban J connectivity index is 1.72. The molecule has 1 saturated carbocycles. The topological polar surface area (TPSA) is 84.5 Å². The third kappa shape index (κ3) is 6.30. The van der Waals surface area contributed by atoms with Gasteiger partial charge < -0.3 is 15.4 Å². The Labute approximate surface area is 139 Å². The Hall–Kier alpha value is -0.820. The highest BCUT2D eigenvalue weighted by Gasteiger charge is 2.31.